The molecule has 1 heterocycles. The number of hydrogen-bond acceptors (Lipinski definition) is 7. The van der Waals surface area contributed by atoms with E-state index in [0.29, 0.717) is 31.0 Å². The Hall–Kier alpha value is -1.15. The summed E-state index contributed by atoms with van der Waals surface area (Å²) in [6.07, 6.45) is 8.16. The Bertz CT molecular complexity index is 850. The summed E-state index contributed by atoms with van der Waals surface area (Å²) in [5.74, 6) is 1.47. The average Bonchev–Trinajstić information content (AvgIpc) is 3.37. The van der Waals surface area contributed by atoms with Crippen LogP contribution in [0.15, 0.2) is 17.0 Å². The van der Waals surface area contributed by atoms with Crippen molar-refractivity contribution >= 4 is 5.71 Å². The van der Waals surface area contributed by atoms with Gasteiger partial charge in [-0.25, -0.2) is 0 Å². The van der Waals surface area contributed by atoms with Gasteiger partial charge in [-0.1, -0.05) is 46.7 Å². The molecule has 1 aliphatic heterocycles. The van der Waals surface area contributed by atoms with Crippen molar-refractivity contribution in [2.45, 2.75) is 92.3 Å². The van der Waals surface area contributed by atoms with Crippen LogP contribution in [0.25, 0.3) is 0 Å². The first kappa shape index (κ1) is 28.4. The third-order valence-electron chi connectivity index (χ3n) is 12.5. The molecule has 4 saturated carbocycles. The number of allylic oxidation sites excluding steroid dienone is 1. The van der Waals surface area contributed by atoms with Crippen LogP contribution in [0.5, 0.6) is 0 Å². The fraction of sp³-hybridized carbons (Fsp3) is 0.903. The van der Waals surface area contributed by atoms with E-state index in [1.165, 1.54) is 37.0 Å². The predicted octanol–water partition coefficient (Wildman–Crippen LogP) is 4.29. The Labute approximate surface area is 230 Å². The van der Waals surface area contributed by atoms with Gasteiger partial charge in [-0.2, -0.15) is 0 Å². The summed E-state index contributed by atoms with van der Waals surface area (Å²) < 4.78 is 5.91. The monoisotopic (exact) mass is 531 g/mol. The second-order valence-corrected chi connectivity index (χ2v) is 14.7. The normalized spacial score (nSPS) is 39.8. The number of ether oxygens (including phenoxy) is 1. The van der Waals surface area contributed by atoms with Crippen LogP contribution >= 0.6 is 0 Å². The molecule has 216 valence electrons. The van der Waals surface area contributed by atoms with E-state index in [9.17, 15) is 10.2 Å². The predicted molar refractivity (Wildman–Crippen MR) is 151 cm³/mol. The maximum absolute atomic E-state index is 10.6. The quantitative estimate of drug-likeness (QED) is 0.324. The lowest BCUT2D eigenvalue weighted by molar-refractivity contribution is -0.00100. The first-order valence-electron chi connectivity index (χ1n) is 15.2. The maximum Gasteiger partial charge on any atom is 0.144 e. The molecule has 0 aromatic heterocycles. The van der Waals surface area contributed by atoms with Gasteiger partial charge in [-0.15, -0.1) is 0 Å². The molecule has 0 spiro atoms. The molecule has 0 aromatic carbocycles. The standard InChI is InChI=1S/C31H53N3O4/c1-28(2)22-7-9-30(28,5)24(15-22)19-37-20-25(35)17-33-11-13-34(14-12-33)18-26(36)21-38-32-27-16-23-8-10-31(27,6)29(23,3)4/h19,22-23,25-26,35-36H,7-18,20-21H2,1-6H3/b24-19+,32-27-/t22-,23+,25-,26+,30+,31+/m0/s1. The summed E-state index contributed by atoms with van der Waals surface area (Å²) in [4.78, 5) is 10.2. The Morgan fingerprint density at radius 2 is 1.34 bits per heavy atom. The molecule has 7 heteroatoms. The summed E-state index contributed by atoms with van der Waals surface area (Å²) in [5.41, 5.74) is 3.63. The second kappa shape index (κ2) is 10.4. The van der Waals surface area contributed by atoms with Crippen LogP contribution in [0, 0.1) is 33.5 Å². The van der Waals surface area contributed by atoms with Gasteiger partial charge < -0.3 is 19.8 Å². The average molecular weight is 532 g/mol. The molecule has 0 unspecified atom stereocenters. The SMILES string of the molecule is CC1(C)[C@@H]2CC[C@]1(C)/C(=N\OC[C@H](O)CN1CCN(C[C@H](O)CO/C=C3\C[C@@H]4CC[C@@]3(C)C4(C)C)CC1)C2. The van der Waals surface area contributed by atoms with Crippen LogP contribution in [-0.2, 0) is 9.57 Å². The van der Waals surface area contributed by atoms with E-state index in [0.717, 1.165) is 44.9 Å². The molecule has 38 heavy (non-hydrogen) atoms. The highest BCUT2D eigenvalue weighted by Gasteiger charge is 2.60. The van der Waals surface area contributed by atoms with Crippen molar-refractivity contribution in [2.75, 3.05) is 52.5 Å². The van der Waals surface area contributed by atoms with E-state index in [2.05, 4.69) is 56.5 Å². The van der Waals surface area contributed by atoms with Crippen LogP contribution in [0.2, 0.25) is 0 Å². The molecule has 6 atom stereocenters. The Balaban J connectivity index is 0.977. The van der Waals surface area contributed by atoms with Crippen molar-refractivity contribution in [2.24, 2.45) is 38.7 Å². The van der Waals surface area contributed by atoms with E-state index in [1.54, 1.807) is 0 Å². The molecule has 5 aliphatic rings. The van der Waals surface area contributed by atoms with Gasteiger partial charge in [0.1, 0.15) is 25.4 Å². The zero-order valence-corrected chi connectivity index (χ0v) is 24.8. The first-order valence-corrected chi connectivity index (χ1v) is 15.2. The van der Waals surface area contributed by atoms with Crippen LogP contribution in [0.4, 0.5) is 0 Å². The van der Waals surface area contributed by atoms with Gasteiger partial charge in [0, 0.05) is 44.7 Å². The Kier molecular flexibility index (Phi) is 7.73. The first-order chi connectivity index (χ1) is 17.9. The fourth-order valence-corrected chi connectivity index (χ4v) is 8.58. The lowest BCUT2D eigenvalue weighted by Crippen LogP contribution is -2.51. The highest BCUT2D eigenvalue weighted by molar-refractivity contribution is 5.93. The molecular weight excluding hydrogens is 478 g/mol. The van der Waals surface area contributed by atoms with Gasteiger partial charge in [0.25, 0.3) is 0 Å². The third-order valence-corrected chi connectivity index (χ3v) is 12.5. The molecular formula is C31H53N3O4. The highest BCUT2D eigenvalue weighted by Crippen LogP contribution is 2.68. The summed E-state index contributed by atoms with van der Waals surface area (Å²) >= 11 is 0. The Morgan fingerprint density at radius 3 is 1.82 bits per heavy atom. The number of aliphatic hydroxyl groups is 2. The van der Waals surface area contributed by atoms with Gasteiger partial charge in [-0.3, -0.25) is 9.80 Å². The number of oxime groups is 1. The number of hydrogen-bond donors (Lipinski definition) is 2. The van der Waals surface area contributed by atoms with Gasteiger partial charge in [0.05, 0.1) is 12.0 Å². The molecule has 1 saturated heterocycles. The molecule has 0 radical (unpaired) electrons. The number of fused-ring (bicyclic) bond motifs is 4. The Morgan fingerprint density at radius 1 is 0.816 bits per heavy atom. The summed E-state index contributed by atoms with van der Waals surface area (Å²) in [5, 5.41) is 25.6. The van der Waals surface area contributed by atoms with Crippen LogP contribution in [0.3, 0.4) is 0 Å². The molecule has 5 rings (SSSR count). The lowest BCUT2D eigenvalue weighted by Gasteiger charge is -2.36. The lowest BCUT2D eigenvalue weighted by atomic mass is 9.69. The number of β-amino-alcohol motifs (C(OH)–C–C–N with tert-alkyl or cyclic N) is 2. The molecule has 0 amide bonds. The van der Waals surface area contributed by atoms with E-state index in [4.69, 9.17) is 9.57 Å². The summed E-state index contributed by atoms with van der Waals surface area (Å²) in [6.45, 7) is 19.6. The van der Waals surface area contributed by atoms with E-state index < -0.39 is 12.2 Å². The van der Waals surface area contributed by atoms with E-state index in [-0.39, 0.29) is 22.9 Å². The van der Waals surface area contributed by atoms with Crippen LogP contribution < -0.4 is 0 Å². The van der Waals surface area contributed by atoms with Crippen LogP contribution in [0.1, 0.15) is 80.1 Å². The van der Waals surface area contributed by atoms with Crippen molar-refractivity contribution < 1.29 is 19.8 Å². The van der Waals surface area contributed by atoms with Crippen molar-refractivity contribution in [1.29, 1.82) is 0 Å². The molecule has 4 aliphatic carbocycles. The maximum atomic E-state index is 10.6. The minimum Gasteiger partial charge on any atom is -0.498 e. The number of rotatable bonds is 10. The summed E-state index contributed by atoms with van der Waals surface area (Å²) in [7, 11) is 0. The van der Waals surface area contributed by atoms with Crippen molar-refractivity contribution in [1.82, 2.24) is 9.80 Å². The van der Waals surface area contributed by atoms with E-state index in [1.807, 2.05) is 6.26 Å². The van der Waals surface area contributed by atoms with Gasteiger partial charge in [0.2, 0.25) is 0 Å². The van der Waals surface area contributed by atoms with Crippen molar-refractivity contribution in [3.63, 3.8) is 0 Å². The zero-order valence-electron chi connectivity index (χ0n) is 24.8. The van der Waals surface area contributed by atoms with Gasteiger partial charge in [-0.05, 0) is 72.2 Å². The van der Waals surface area contributed by atoms with Gasteiger partial charge >= 0.3 is 0 Å². The topological polar surface area (TPSA) is 77.8 Å². The minimum absolute atomic E-state index is 0.136. The number of aliphatic hydroxyl groups excluding tert-OH is 2. The molecule has 4 bridgehead atoms. The molecule has 0 aromatic rings. The zero-order chi connectivity index (χ0) is 27.3. The minimum atomic E-state index is -0.546. The fourth-order valence-electron chi connectivity index (χ4n) is 8.58. The van der Waals surface area contributed by atoms with Gasteiger partial charge in [0.15, 0.2) is 0 Å². The number of nitrogens with zero attached hydrogens (tertiary/aromatic N) is 3. The molecule has 7 nitrogen and oxygen atoms in total. The van der Waals surface area contributed by atoms with Crippen molar-refractivity contribution in [3.05, 3.63) is 11.8 Å². The molecule has 5 fully saturated rings. The summed E-state index contributed by atoms with van der Waals surface area (Å²) in [6, 6.07) is 0. The second-order valence-electron chi connectivity index (χ2n) is 14.7. The molecule has 2 N–H and O–H groups in total. The van der Waals surface area contributed by atoms with E-state index >= 15 is 0 Å². The smallest absolute Gasteiger partial charge is 0.144 e. The third kappa shape index (κ3) is 4.84. The highest BCUT2D eigenvalue weighted by atomic mass is 16.6. The van der Waals surface area contributed by atoms with Crippen LogP contribution in [-0.4, -0.2) is 90.4 Å². The largest absolute Gasteiger partial charge is 0.498 e. The number of piperazine rings is 1. The van der Waals surface area contributed by atoms with Crippen molar-refractivity contribution in [3.8, 4) is 0 Å².